The van der Waals surface area contributed by atoms with Crippen molar-refractivity contribution in [1.82, 2.24) is 9.73 Å². The lowest BCUT2D eigenvalue weighted by atomic mass is 9.86. The van der Waals surface area contributed by atoms with E-state index in [-0.39, 0.29) is 44.9 Å². The number of rotatable bonds is 15. The zero-order valence-electron chi connectivity index (χ0n) is 29.1. The van der Waals surface area contributed by atoms with E-state index in [2.05, 4.69) is 15.1 Å². The van der Waals surface area contributed by atoms with Gasteiger partial charge in [-0.25, -0.2) is 18.0 Å². The predicted octanol–water partition coefficient (Wildman–Crippen LogP) is 4.20. The smallest absolute Gasteiger partial charge is 0.490 e. The number of esters is 3. The summed E-state index contributed by atoms with van der Waals surface area (Å²) in [6.07, 6.45) is -6.05. The molecule has 0 aliphatic carbocycles. The van der Waals surface area contributed by atoms with Crippen LogP contribution < -0.4 is 24.5 Å². The molecule has 0 radical (unpaired) electrons. The molecule has 3 atom stereocenters. The Morgan fingerprint density at radius 1 is 0.982 bits per heavy atom. The summed E-state index contributed by atoms with van der Waals surface area (Å²) in [5.41, 5.74) is 2.50. The Morgan fingerprint density at radius 2 is 1.65 bits per heavy atom. The number of piperidine rings is 3. The van der Waals surface area contributed by atoms with Gasteiger partial charge < -0.3 is 34.3 Å². The molecule has 0 amide bonds. The summed E-state index contributed by atoms with van der Waals surface area (Å²) in [6, 6.07) is 9.36. The molecule has 2 unspecified atom stereocenters. The molecule has 4 heterocycles. The van der Waals surface area contributed by atoms with Crippen molar-refractivity contribution in [3.8, 4) is 11.5 Å². The SMILES string of the molecule is COc1ccc(C(Cc2c(Cl)c[n+]([O-])cc2Cl)OC(=O)CS(=O)(=O)NNc2cccc(C(OC(=O)C(F)(F)F)C(=O)O[C@H]3CN4CCC3CC4)c2)cc1OC. The minimum atomic E-state index is -5.42. The van der Waals surface area contributed by atoms with Gasteiger partial charge in [-0.1, -0.05) is 41.4 Å². The summed E-state index contributed by atoms with van der Waals surface area (Å²) in [6.45, 7) is 1.98. The monoisotopic (exact) mass is 834 g/mol. The number of hydrogen-bond donors (Lipinski definition) is 2. The first-order valence-corrected chi connectivity index (χ1v) is 18.9. The maximum Gasteiger partial charge on any atom is 0.490 e. The fourth-order valence-electron chi connectivity index (χ4n) is 6.17. The van der Waals surface area contributed by atoms with E-state index in [0.717, 1.165) is 44.4 Å². The van der Waals surface area contributed by atoms with Crippen LogP contribution in [0, 0.1) is 11.1 Å². The van der Waals surface area contributed by atoms with Crippen LogP contribution in [0.4, 0.5) is 18.9 Å². The van der Waals surface area contributed by atoms with E-state index in [9.17, 15) is 41.2 Å². The van der Waals surface area contributed by atoms with Crippen LogP contribution in [-0.2, 0) is 45.0 Å². The van der Waals surface area contributed by atoms with Gasteiger partial charge >= 0.3 is 24.1 Å². The zero-order valence-corrected chi connectivity index (χ0v) is 31.5. The van der Waals surface area contributed by atoms with Crippen LogP contribution in [0.5, 0.6) is 11.5 Å². The number of carbonyl (C=O) groups is 3. The molecule has 2 aromatic carbocycles. The van der Waals surface area contributed by atoms with Gasteiger partial charge in [-0.3, -0.25) is 9.69 Å². The number of sulfonamides is 1. The third-order valence-corrected chi connectivity index (χ3v) is 10.6. The molecule has 0 spiro atoms. The lowest BCUT2D eigenvalue weighted by molar-refractivity contribution is -0.605. The first kappa shape index (κ1) is 41.6. The normalized spacial score (nSPS) is 19.1. The Hall–Kier alpha value is -4.56. The van der Waals surface area contributed by atoms with Gasteiger partial charge in [-0.2, -0.15) is 17.9 Å². The molecule has 21 heteroatoms. The van der Waals surface area contributed by atoms with E-state index in [1.807, 2.05) is 4.83 Å². The first-order valence-electron chi connectivity index (χ1n) is 16.5. The summed E-state index contributed by atoms with van der Waals surface area (Å²) < 4.78 is 92.4. The molecule has 3 saturated heterocycles. The molecule has 3 aliphatic heterocycles. The van der Waals surface area contributed by atoms with Gasteiger partial charge in [-0.15, -0.1) is 4.83 Å². The highest BCUT2D eigenvalue weighted by molar-refractivity contribution is 7.90. The predicted molar refractivity (Wildman–Crippen MR) is 188 cm³/mol. The highest BCUT2D eigenvalue weighted by Crippen LogP contribution is 2.36. The molecular formula is C34H35Cl2F3N4O11S. The van der Waals surface area contributed by atoms with E-state index in [4.69, 9.17) is 42.1 Å². The number of aromatic nitrogens is 1. The molecule has 2 N–H and O–H groups in total. The summed E-state index contributed by atoms with van der Waals surface area (Å²) in [5.74, 6) is -5.73. The molecule has 15 nitrogen and oxygen atoms in total. The molecule has 1 aromatic heterocycles. The largest absolute Gasteiger partial charge is 0.619 e. The van der Waals surface area contributed by atoms with E-state index in [1.54, 1.807) is 0 Å². The number of pyridine rings is 1. The molecule has 2 bridgehead atoms. The molecule has 0 saturated carbocycles. The van der Waals surface area contributed by atoms with Crippen LogP contribution in [0.3, 0.4) is 0 Å². The quantitative estimate of drug-likeness (QED) is 0.0731. The summed E-state index contributed by atoms with van der Waals surface area (Å²) in [4.78, 5) is 42.2. The second-order valence-corrected chi connectivity index (χ2v) is 15.1. The Labute approximate surface area is 323 Å². The minimum absolute atomic E-state index is 0.00334. The number of nitrogens with one attached hydrogen (secondary N) is 2. The van der Waals surface area contributed by atoms with Gasteiger partial charge in [0.2, 0.25) is 16.1 Å². The maximum absolute atomic E-state index is 13.2. The van der Waals surface area contributed by atoms with Crippen LogP contribution in [-0.4, -0.2) is 83.1 Å². The highest BCUT2D eigenvalue weighted by Gasteiger charge is 2.45. The van der Waals surface area contributed by atoms with Crippen molar-refractivity contribution in [2.45, 2.75) is 43.8 Å². The number of alkyl halides is 3. The number of nitrogens with zero attached hydrogens (tertiary/aromatic N) is 2. The Morgan fingerprint density at radius 3 is 2.25 bits per heavy atom. The van der Waals surface area contributed by atoms with E-state index in [1.165, 1.54) is 50.6 Å². The second-order valence-electron chi connectivity index (χ2n) is 12.6. The summed E-state index contributed by atoms with van der Waals surface area (Å²) >= 11 is 12.5. The Balaban J connectivity index is 1.29. The van der Waals surface area contributed by atoms with Crippen molar-refractivity contribution in [3.63, 3.8) is 0 Å². The van der Waals surface area contributed by atoms with Gasteiger partial charge in [0, 0.05) is 24.1 Å². The number of hydrazine groups is 1. The van der Waals surface area contributed by atoms with Gasteiger partial charge in [-0.05, 0) is 61.7 Å². The van der Waals surface area contributed by atoms with Gasteiger partial charge in [0.05, 0.1) is 19.9 Å². The highest BCUT2D eigenvalue weighted by atomic mass is 35.5. The van der Waals surface area contributed by atoms with Crippen molar-refractivity contribution in [1.29, 1.82) is 0 Å². The number of carbonyl (C=O) groups excluding carboxylic acids is 3. The Bertz CT molecular complexity index is 1990. The van der Waals surface area contributed by atoms with Crippen LogP contribution in [0.2, 0.25) is 10.0 Å². The number of methoxy groups -OCH3 is 2. The minimum Gasteiger partial charge on any atom is -0.619 e. The molecule has 6 rings (SSSR count). The van der Waals surface area contributed by atoms with Crippen molar-refractivity contribution >= 4 is 56.8 Å². The summed E-state index contributed by atoms with van der Waals surface area (Å²) in [5, 5.41) is 11.7. The zero-order chi connectivity index (χ0) is 40.1. The lowest BCUT2D eigenvalue weighted by Crippen LogP contribution is -2.52. The topological polar surface area (TPSA) is 186 Å². The number of fused-ring (bicyclic) bond motifs is 3. The average molecular weight is 836 g/mol. The number of anilines is 1. The third kappa shape index (κ3) is 10.8. The van der Waals surface area contributed by atoms with E-state index in [0.29, 0.717) is 22.6 Å². The van der Waals surface area contributed by atoms with Crippen LogP contribution >= 0.6 is 23.2 Å². The van der Waals surface area contributed by atoms with E-state index >= 15 is 0 Å². The number of halogens is 5. The lowest BCUT2D eigenvalue weighted by Gasteiger charge is -2.44. The van der Waals surface area contributed by atoms with Gasteiger partial charge in [0.1, 0.15) is 22.3 Å². The van der Waals surface area contributed by atoms with Gasteiger partial charge in [0.15, 0.2) is 29.6 Å². The molecule has 55 heavy (non-hydrogen) atoms. The van der Waals surface area contributed by atoms with Gasteiger partial charge in [0.25, 0.3) is 0 Å². The van der Waals surface area contributed by atoms with Crippen LogP contribution in [0.1, 0.15) is 41.7 Å². The van der Waals surface area contributed by atoms with Crippen LogP contribution in [0.15, 0.2) is 54.9 Å². The maximum atomic E-state index is 13.2. The number of hydrogen-bond acceptors (Lipinski definition) is 13. The van der Waals surface area contributed by atoms with E-state index < -0.39 is 58.2 Å². The van der Waals surface area contributed by atoms with Crippen LogP contribution in [0.25, 0.3) is 0 Å². The van der Waals surface area contributed by atoms with Crippen molar-refractivity contribution < 1.29 is 64.4 Å². The molecular weight excluding hydrogens is 800 g/mol. The number of benzene rings is 2. The third-order valence-electron chi connectivity index (χ3n) is 8.88. The fraction of sp³-hybridized carbons (Fsp3) is 0.412. The van der Waals surface area contributed by atoms with Crippen molar-refractivity contribution in [2.75, 3.05) is 45.0 Å². The molecule has 298 valence electrons. The molecule has 3 fully saturated rings. The van der Waals surface area contributed by atoms with Crippen molar-refractivity contribution in [2.24, 2.45) is 5.92 Å². The fourth-order valence-corrected chi connectivity index (χ4v) is 7.50. The van der Waals surface area contributed by atoms with Crippen molar-refractivity contribution in [3.05, 3.63) is 86.8 Å². The first-order chi connectivity index (χ1) is 26.0. The number of ether oxygens (including phenoxy) is 5. The average Bonchev–Trinajstić information content (AvgIpc) is 3.13. The summed E-state index contributed by atoms with van der Waals surface area (Å²) in [7, 11) is -1.76. The second kappa shape index (κ2) is 17.5. The standard InChI is InChI=1S/C34H35Cl2F3N4O11S/c1-50-26-7-6-20(13-28(26)51-2)27(14-23-24(35)15-43(47)16-25(23)36)52-30(44)18-55(48,49)41-40-22-5-3-4-21(12-22)31(54-33(46)34(37,38)39)32(45)53-29-17-42-10-8-19(29)9-11-42/h3-7,12-13,15-16,19,27,29,31,40-41H,8-11,14,17-18H2,1-2H3/t27?,29-,31?/m0/s1. The Kier molecular flexibility index (Phi) is 13.2. The molecule has 3 aliphatic rings. The molecule has 3 aromatic rings.